The zero-order chi connectivity index (χ0) is 12.7. The normalized spacial score (nSPS) is 12.5. The van der Waals surface area contributed by atoms with E-state index in [0.717, 1.165) is 17.9 Å². The van der Waals surface area contributed by atoms with Gasteiger partial charge in [-0.1, -0.05) is 24.6 Å². The zero-order valence-electron chi connectivity index (χ0n) is 11.0. The zero-order valence-corrected chi connectivity index (χ0v) is 11.8. The Morgan fingerprint density at radius 1 is 1.41 bits per heavy atom. The van der Waals surface area contributed by atoms with Gasteiger partial charge in [0.05, 0.1) is 7.11 Å². The van der Waals surface area contributed by atoms with Gasteiger partial charge in [0.15, 0.2) is 0 Å². The van der Waals surface area contributed by atoms with E-state index >= 15 is 0 Å². The highest BCUT2D eigenvalue weighted by atomic mass is 32.2. The van der Waals surface area contributed by atoms with Crippen molar-refractivity contribution < 1.29 is 4.74 Å². The summed E-state index contributed by atoms with van der Waals surface area (Å²) in [4.78, 5) is 0. The highest BCUT2D eigenvalue weighted by Crippen LogP contribution is 2.21. The minimum Gasteiger partial charge on any atom is -0.496 e. The highest BCUT2D eigenvalue weighted by molar-refractivity contribution is 7.99. The minimum atomic E-state index is 0.210. The summed E-state index contributed by atoms with van der Waals surface area (Å²) in [5.74, 6) is 3.16. The number of hydrogen-bond donors (Lipinski definition) is 1. The molecular formula is C14H23NOS. The van der Waals surface area contributed by atoms with Gasteiger partial charge >= 0.3 is 0 Å². The second-order valence-corrected chi connectivity index (χ2v) is 5.50. The molecule has 0 spiro atoms. The lowest BCUT2D eigenvalue weighted by molar-refractivity contribution is 0.408. The molecule has 17 heavy (non-hydrogen) atoms. The molecule has 1 aromatic carbocycles. The fraction of sp³-hybridized carbons (Fsp3) is 0.571. The molecule has 0 aliphatic rings. The molecule has 0 aromatic heterocycles. The maximum atomic E-state index is 6.14. The summed E-state index contributed by atoms with van der Waals surface area (Å²) in [6, 6.07) is 6.47. The molecule has 96 valence electrons. The summed E-state index contributed by atoms with van der Waals surface area (Å²) in [5, 5.41) is 0. The first-order valence-corrected chi connectivity index (χ1v) is 7.29. The Morgan fingerprint density at radius 3 is 2.82 bits per heavy atom. The van der Waals surface area contributed by atoms with E-state index in [9.17, 15) is 0 Å². The van der Waals surface area contributed by atoms with Crippen LogP contribution in [0.4, 0.5) is 0 Å². The molecule has 0 heterocycles. The predicted octanol–water partition coefficient (Wildman–Crippen LogP) is 3.02. The lowest BCUT2D eigenvalue weighted by Crippen LogP contribution is -2.26. The molecule has 1 atom stereocenters. The van der Waals surface area contributed by atoms with E-state index in [1.807, 2.05) is 17.8 Å². The monoisotopic (exact) mass is 253 g/mol. The number of nitrogens with two attached hydrogens (primary N) is 1. The summed E-state index contributed by atoms with van der Waals surface area (Å²) in [7, 11) is 1.71. The molecule has 0 aliphatic carbocycles. The molecule has 0 amide bonds. The first-order valence-electron chi connectivity index (χ1n) is 6.14. The minimum absolute atomic E-state index is 0.210. The fourth-order valence-corrected chi connectivity index (χ4v) is 2.66. The Hall–Kier alpha value is -0.670. The van der Waals surface area contributed by atoms with Gasteiger partial charge in [-0.25, -0.2) is 0 Å². The Balaban J connectivity index is 2.57. The van der Waals surface area contributed by atoms with Crippen LogP contribution in [0.1, 0.15) is 24.5 Å². The van der Waals surface area contributed by atoms with Crippen molar-refractivity contribution in [3.63, 3.8) is 0 Å². The molecule has 1 unspecified atom stereocenters. The number of ether oxygens (including phenoxy) is 1. The molecule has 2 N–H and O–H groups in total. The van der Waals surface area contributed by atoms with Crippen molar-refractivity contribution in [3.05, 3.63) is 29.3 Å². The average Bonchev–Trinajstić information content (AvgIpc) is 2.29. The number of benzene rings is 1. The van der Waals surface area contributed by atoms with Gasteiger partial charge in [0, 0.05) is 11.8 Å². The Bertz CT molecular complexity index is 341. The molecule has 1 aromatic rings. The van der Waals surface area contributed by atoms with Crippen LogP contribution < -0.4 is 10.5 Å². The van der Waals surface area contributed by atoms with Crippen LogP contribution in [0.15, 0.2) is 18.2 Å². The van der Waals surface area contributed by atoms with Crippen LogP contribution in [0.3, 0.4) is 0 Å². The highest BCUT2D eigenvalue weighted by Gasteiger charge is 2.09. The third-order valence-corrected chi connectivity index (χ3v) is 3.96. The maximum Gasteiger partial charge on any atom is 0.122 e. The predicted molar refractivity (Wildman–Crippen MR) is 77.0 cm³/mol. The summed E-state index contributed by atoms with van der Waals surface area (Å²) in [6.07, 6.45) is 2.10. The fourth-order valence-electron chi connectivity index (χ4n) is 1.79. The topological polar surface area (TPSA) is 35.2 Å². The van der Waals surface area contributed by atoms with Crippen LogP contribution in [0.5, 0.6) is 5.75 Å². The van der Waals surface area contributed by atoms with Gasteiger partial charge in [-0.05, 0) is 37.1 Å². The first-order chi connectivity index (χ1) is 8.17. The molecule has 3 heteroatoms. The van der Waals surface area contributed by atoms with E-state index in [1.165, 1.54) is 23.3 Å². The van der Waals surface area contributed by atoms with E-state index in [4.69, 9.17) is 10.5 Å². The van der Waals surface area contributed by atoms with Crippen LogP contribution in [0, 0.1) is 6.92 Å². The summed E-state index contributed by atoms with van der Waals surface area (Å²) < 4.78 is 5.36. The summed E-state index contributed by atoms with van der Waals surface area (Å²) in [6.45, 7) is 4.29. The van der Waals surface area contributed by atoms with Crippen molar-refractivity contribution in [2.45, 2.75) is 32.7 Å². The molecule has 0 fully saturated rings. The van der Waals surface area contributed by atoms with E-state index in [0.29, 0.717) is 0 Å². The number of aryl methyl sites for hydroxylation is 1. The van der Waals surface area contributed by atoms with Gasteiger partial charge in [-0.15, -0.1) is 0 Å². The number of rotatable bonds is 7. The number of methoxy groups -OCH3 is 1. The Kier molecular flexibility index (Phi) is 6.45. The van der Waals surface area contributed by atoms with E-state index in [-0.39, 0.29) is 6.04 Å². The molecule has 0 saturated carbocycles. The molecule has 0 bridgehead atoms. The van der Waals surface area contributed by atoms with Crippen LogP contribution in [-0.2, 0) is 6.42 Å². The van der Waals surface area contributed by atoms with Gasteiger partial charge in [0.1, 0.15) is 5.75 Å². The van der Waals surface area contributed by atoms with Gasteiger partial charge in [0.2, 0.25) is 0 Å². The third-order valence-electron chi connectivity index (χ3n) is 2.60. The SMILES string of the molecule is CCCSCC(N)Cc1cc(C)ccc1OC. The van der Waals surface area contributed by atoms with Crippen LogP contribution >= 0.6 is 11.8 Å². The Morgan fingerprint density at radius 2 is 2.18 bits per heavy atom. The van der Waals surface area contributed by atoms with Gasteiger partial charge < -0.3 is 10.5 Å². The van der Waals surface area contributed by atoms with E-state index in [2.05, 4.69) is 26.0 Å². The molecule has 0 aliphatic heterocycles. The van der Waals surface area contributed by atoms with Gasteiger partial charge in [-0.2, -0.15) is 11.8 Å². The maximum absolute atomic E-state index is 6.14. The molecule has 1 rings (SSSR count). The van der Waals surface area contributed by atoms with Crippen molar-refractivity contribution in [1.29, 1.82) is 0 Å². The summed E-state index contributed by atoms with van der Waals surface area (Å²) >= 11 is 1.93. The lowest BCUT2D eigenvalue weighted by Gasteiger charge is -2.14. The molecule has 0 saturated heterocycles. The van der Waals surface area contributed by atoms with E-state index < -0.39 is 0 Å². The quantitative estimate of drug-likeness (QED) is 0.759. The third kappa shape index (κ3) is 5.00. The molecular weight excluding hydrogens is 230 g/mol. The van der Waals surface area contributed by atoms with Crippen LogP contribution in [-0.4, -0.2) is 24.7 Å². The first kappa shape index (κ1) is 14.4. The summed E-state index contributed by atoms with van der Waals surface area (Å²) in [5.41, 5.74) is 8.62. The number of thioether (sulfide) groups is 1. The van der Waals surface area contributed by atoms with Crippen molar-refractivity contribution >= 4 is 11.8 Å². The van der Waals surface area contributed by atoms with Crippen molar-refractivity contribution in [1.82, 2.24) is 0 Å². The standard InChI is InChI=1S/C14H23NOS/c1-4-7-17-10-13(15)9-12-8-11(2)5-6-14(12)16-3/h5-6,8,13H,4,7,9-10,15H2,1-3H3. The van der Waals surface area contributed by atoms with Crippen molar-refractivity contribution in [2.75, 3.05) is 18.6 Å². The average molecular weight is 253 g/mol. The van der Waals surface area contributed by atoms with Crippen LogP contribution in [0.2, 0.25) is 0 Å². The van der Waals surface area contributed by atoms with Gasteiger partial charge in [0.25, 0.3) is 0 Å². The van der Waals surface area contributed by atoms with Crippen molar-refractivity contribution in [3.8, 4) is 5.75 Å². The second kappa shape index (κ2) is 7.62. The van der Waals surface area contributed by atoms with Gasteiger partial charge in [-0.3, -0.25) is 0 Å². The number of hydrogen-bond acceptors (Lipinski definition) is 3. The largest absolute Gasteiger partial charge is 0.496 e. The van der Waals surface area contributed by atoms with E-state index in [1.54, 1.807) is 7.11 Å². The van der Waals surface area contributed by atoms with Crippen molar-refractivity contribution in [2.24, 2.45) is 5.73 Å². The smallest absolute Gasteiger partial charge is 0.122 e. The second-order valence-electron chi connectivity index (χ2n) is 4.35. The molecule has 0 radical (unpaired) electrons. The lowest BCUT2D eigenvalue weighted by atomic mass is 10.0. The Labute approximate surface area is 109 Å². The molecule has 2 nitrogen and oxygen atoms in total. The van der Waals surface area contributed by atoms with Crippen LogP contribution in [0.25, 0.3) is 0 Å².